The summed E-state index contributed by atoms with van der Waals surface area (Å²) in [5, 5.41) is 0. The molecular formula is C19H17I. The maximum Gasteiger partial charge on any atom is 0.0142 e. The SMILES string of the molecule is C=C/C=C\C=C(/C)c1cc(I)cc(-c2ccccc2)c1. The smallest absolute Gasteiger partial charge is 0.0142 e. The van der Waals surface area contributed by atoms with Crippen LogP contribution in [0.15, 0.2) is 79.4 Å². The van der Waals surface area contributed by atoms with Gasteiger partial charge in [0.25, 0.3) is 0 Å². The molecule has 0 aliphatic carbocycles. The van der Waals surface area contributed by atoms with Crippen LogP contribution in [-0.4, -0.2) is 0 Å². The molecule has 0 bridgehead atoms. The van der Waals surface area contributed by atoms with Gasteiger partial charge in [-0.25, -0.2) is 0 Å². The van der Waals surface area contributed by atoms with Crippen molar-refractivity contribution in [2.45, 2.75) is 6.92 Å². The van der Waals surface area contributed by atoms with E-state index >= 15 is 0 Å². The summed E-state index contributed by atoms with van der Waals surface area (Å²) in [5.41, 5.74) is 5.01. The van der Waals surface area contributed by atoms with E-state index in [1.54, 1.807) is 6.08 Å². The number of allylic oxidation sites excluding steroid dienone is 5. The zero-order chi connectivity index (χ0) is 14.4. The second kappa shape index (κ2) is 7.25. The molecule has 0 saturated carbocycles. The zero-order valence-electron chi connectivity index (χ0n) is 11.5. The van der Waals surface area contributed by atoms with Gasteiger partial charge in [0.15, 0.2) is 0 Å². The van der Waals surface area contributed by atoms with Gasteiger partial charge in [-0.3, -0.25) is 0 Å². The van der Waals surface area contributed by atoms with Crippen LogP contribution in [0.3, 0.4) is 0 Å². The van der Waals surface area contributed by atoms with Gasteiger partial charge in [0.05, 0.1) is 0 Å². The first-order valence-electron chi connectivity index (χ1n) is 6.53. The van der Waals surface area contributed by atoms with Gasteiger partial charge in [0, 0.05) is 3.57 Å². The highest BCUT2D eigenvalue weighted by Gasteiger charge is 2.03. The van der Waals surface area contributed by atoms with Gasteiger partial charge in [-0.05, 0) is 70.0 Å². The molecule has 2 aromatic rings. The maximum atomic E-state index is 3.68. The molecular weight excluding hydrogens is 355 g/mol. The second-order valence-corrected chi connectivity index (χ2v) is 5.81. The molecule has 0 saturated heterocycles. The monoisotopic (exact) mass is 372 g/mol. The Morgan fingerprint density at radius 2 is 1.75 bits per heavy atom. The van der Waals surface area contributed by atoms with Crippen molar-refractivity contribution in [1.29, 1.82) is 0 Å². The van der Waals surface area contributed by atoms with Crippen LogP contribution in [0, 0.1) is 3.57 Å². The van der Waals surface area contributed by atoms with Crippen molar-refractivity contribution in [3.63, 3.8) is 0 Å². The lowest BCUT2D eigenvalue weighted by atomic mass is 9.99. The van der Waals surface area contributed by atoms with E-state index in [1.807, 2.05) is 18.2 Å². The molecule has 0 fully saturated rings. The minimum atomic E-state index is 1.25. The van der Waals surface area contributed by atoms with Crippen LogP contribution in [-0.2, 0) is 0 Å². The third kappa shape index (κ3) is 3.94. The summed E-state index contributed by atoms with van der Waals surface area (Å²) in [4.78, 5) is 0. The van der Waals surface area contributed by atoms with E-state index < -0.39 is 0 Å². The average Bonchev–Trinajstić information content (AvgIpc) is 2.47. The molecule has 0 aromatic heterocycles. The molecule has 0 aliphatic heterocycles. The fourth-order valence-corrected chi connectivity index (χ4v) is 2.66. The van der Waals surface area contributed by atoms with Crippen molar-refractivity contribution in [3.8, 4) is 11.1 Å². The molecule has 2 rings (SSSR count). The van der Waals surface area contributed by atoms with Gasteiger partial charge in [0.2, 0.25) is 0 Å². The normalized spacial score (nSPS) is 11.8. The van der Waals surface area contributed by atoms with Gasteiger partial charge < -0.3 is 0 Å². The van der Waals surface area contributed by atoms with Gasteiger partial charge in [-0.15, -0.1) is 0 Å². The van der Waals surface area contributed by atoms with Gasteiger partial charge in [-0.1, -0.05) is 61.2 Å². The molecule has 20 heavy (non-hydrogen) atoms. The predicted octanol–water partition coefficient (Wildman–Crippen LogP) is 6.10. The molecule has 0 heterocycles. The summed E-state index contributed by atoms with van der Waals surface area (Å²) in [5.74, 6) is 0. The first-order valence-corrected chi connectivity index (χ1v) is 7.61. The number of rotatable bonds is 4. The van der Waals surface area contributed by atoms with Crippen LogP contribution in [0.2, 0.25) is 0 Å². The summed E-state index contributed by atoms with van der Waals surface area (Å²) < 4.78 is 1.25. The highest BCUT2D eigenvalue weighted by Crippen LogP contribution is 2.26. The van der Waals surface area contributed by atoms with E-state index in [0.29, 0.717) is 0 Å². The summed E-state index contributed by atoms with van der Waals surface area (Å²) in [6.45, 7) is 5.81. The molecule has 2 aromatic carbocycles. The molecule has 0 atom stereocenters. The Morgan fingerprint density at radius 3 is 2.45 bits per heavy atom. The fraction of sp³-hybridized carbons (Fsp3) is 0.0526. The average molecular weight is 372 g/mol. The third-order valence-electron chi connectivity index (χ3n) is 3.05. The molecule has 100 valence electrons. The van der Waals surface area contributed by atoms with Crippen molar-refractivity contribution in [1.82, 2.24) is 0 Å². The first-order chi connectivity index (χ1) is 9.70. The predicted molar refractivity (Wildman–Crippen MR) is 97.6 cm³/mol. The summed E-state index contributed by atoms with van der Waals surface area (Å²) in [7, 11) is 0. The van der Waals surface area contributed by atoms with Crippen molar-refractivity contribution in [3.05, 3.63) is 88.5 Å². The van der Waals surface area contributed by atoms with Gasteiger partial charge in [0.1, 0.15) is 0 Å². The Hall–Kier alpha value is -1.61. The minimum absolute atomic E-state index is 1.25. The van der Waals surface area contributed by atoms with Crippen LogP contribution >= 0.6 is 22.6 Å². The second-order valence-electron chi connectivity index (χ2n) is 4.56. The molecule has 0 spiro atoms. The minimum Gasteiger partial charge on any atom is -0.0991 e. The largest absolute Gasteiger partial charge is 0.0991 e. The lowest BCUT2D eigenvalue weighted by Crippen LogP contribution is -1.85. The Kier molecular flexibility index (Phi) is 5.36. The van der Waals surface area contributed by atoms with Crippen LogP contribution in [0.25, 0.3) is 16.7 Å². The fourth-order valence-electron chi connectivity index (χ4n) is 1.99. The molecule has 0 radical (unpaired) electrons. The maximum absolute atomic E-state index is 3.68. The third-order valence-corrected chi connectivity index (χ3v) is 3.68. The summed E-state index contributed by atoms with van der Waals surface area (Å²) in [6, 6.07) is 17.1. The molecule has 0 unspecified atom stereocenters. The Morgan fingerprint density at radius 1 is 1.00 bits per heavy atom. The Bertz CT molecular complexity index is 649. The Balaban J connectivity index is 2.41. The molecule has 1 heteroatoms. The van der Waals surface area contributed by atoms with E-state index in [9.17, 15) is 0 Å². The summed E-state index contributed by atoms with van der Waals surface area (Å²) >= 11 is 2.37. The number of halogens is 1. The van der Waals surface area contributed by atoms with Crippen molar-refractivity contribution >= 4 is 28.2 Å². The zero-order valence-corrected chi connectivity index (χ0v) is 13.7. The molecule has 0 amide bonds. The van der Waals surface area contributed by atoms with Crippen LogP contribution in [0.1, 0.15) is 12.5 Å². The van der Waals surface area contributed by atoms with Gasteiger partial charge in [-0.2, -0.15) is 0 Å². The van der Waals surface area contributed by atoms with E-state index in [1.165, 1.54) is 25.8 Å². The highest BCUT2D eigenvalue weighted by atomic mass is 127. The van der Waals surface area contributed by atoms with E-state index in [-0.39, 0.29) is 0 Å². The molecule has 0 N–H and O–H groups in total. The number of hydrogen-bond acceptors (Lipinski definition) is 0. The topological polar surface area (TPSA) is 0 Å². The van der Waals surface area contributed by atoms with Gasteiger partial charge >= 0.3 is 0 Å². The van der Waals surface area contributed by atoms with Crippen molar-refractivity contribution < 1.29 is 0 Å². The first kappa shape index (κ1) is 14.8. The summed E-state index contributed by atoms with van der Waals surface area (Å²) in [6.07, 6.45) is 7.86. The van der Waals surface area contributed by atoms with Crippen molar-refractivity contribution in [2.24, 2.45) is 0 Å². The lowest BCUT2D eigenvalue weighted by molar-refractivity contribution is 1.52. The number of benzene rings is 2. The van der Waals surface area contributed by atoms with Crippen LogP contribution in [0.4, 0.5) is 0 Å². The van der Waals surface area contributed by atoms with E-state index in [2.05, 4.69) is 84.6 Å². The van der Waals surface area contributed by atoms with Crippen LogP contribution in [0.5, 0.6) is 0 Å². The van der Waals surface area contributed by atoms with E-state index in [0.717, 1.165) is 0 Å². The molecule has 0 nitrogen and oxygen atoms in total. The molecule has 0 aliphatic rings. The van der Waals surface area contributed by atoms with Crippen LogP contribution < -0.4 is 0 Å². The quantitative estimate of drug-likeness (QED) is 0.449. The number of hydrogen-bond donors (Lipinski definition) is 0. The Labute approximate surface area is 134 Å². The lowest BCUT2D eigenvalue weighted by Gasteiger charge is -2.07. The van der Waals surface area contributed by atoms with Crippen molar-refractivity contribution in [2.75, 3.05) is 0 Å². The highest BCUT2D eigenvalue weighted by molar-refractivity contribution is 14.1. The van der Waals surface area contributed by atoms with E-state index in [4.69, 9.17) is 0 Å². The standard InChI is InChI=1S/C19H17I/c1-3-4-6-9-15(2)17-12-18(14-19(20)13-17)16-10-7-5-8-11-16/h3-14H,1H2,2H3/b6-4-,15-9+.